The first kappa shape index (κ1) is 16.1. The second-order valence-electron chi connectivity index (χ2n) is 6.24. The highest BCUT2D eigenvalue weighted by atomic mass is 16.5. The van der Waals surface area contributed by atoms with E-state index in [1.54, 1.807) is 4.90 Å². The van der Waals surface area contributed by atoms with Crippen LogP contribution in [0.1, 0.15) is 39.5 Å². The van der Waals surface area contributed by atoms with Crippen LogP contribution in [0.15, 0.2) is 0 Å². The molecule has 1 aliphatic carbocycles. The fourth-order valence-electron chi connectivity index (χ4n) is 3.28. The summed E-state index contributed by atoms with van der Waals surface area (Å²) in [7, 11) is 0. The Hall–Kier alpha value is -1.30. The predicted molar refractivity (Wildman–Crippen MR) is 78.1 cm³/mol. The molecule has 0 aromatic carbocycles. The van der Waals surface area contributed by atoms with Gasteiger partial charge in [0.05, 0.1) is 19.3 Å². The first-order chi connectivity index (χ1) is 10.0. The van der Waals surface area contributed by atoms with Gasteiger partial charge in [-0.15, -0.1) is 0 Å². The van der Waals surface area contributed by atoms with Gasteiger partial charge in [0.2, 0.25) is 0 Å². The number of rotatable bonds is 4. The van der Waals surface area contributed by atoms with E-state index in [1.807, 2.05) is 6.92 Å². The Morgan fingerprint density at radius 1 is 1.24 bits per heavy atom. The minimum absolute atomic E-state index is 0.154. The van der Waals surface area contributed by atoms with Gasteiger partial charge < -0.3 is 20.1 Å². The minimum atomic E-state index is -0.893. The molecule has 2 fully saturated rings. The van der Waals surface area contributed by atoms with Crippen molar-refractivity contribution in [3.05, 3.63) is 0 Å². The number of carboxylic acid groups (broad SMARTS) is 1. The Labute approximate surface area is 125 Å². The largest absolute Gasteiger partial charge is 0.481 e. The molecular weight excluding hydrogens is 272 g/mol. The number of aliphatic carboxylic acids is 1. The number of nitrogens with one attached hydrogen (secondary N) is 1. The summed E-state index contributed by atoms with van der Waals surface area (Å²) >= 11 is 0. The summed E-state index contributed by atoms with van der Waals surface area (Å²) in [5, 5.41) is 12.3. The number of hydrogen-bond donors (Lipinski definition) is 2. The molecule has 2 rings (SSSR count). The van der Waals surface area contributed by atoms with Crippen molar-refractivity contribution < 1.29 is 19.4 Å². The molecule has 0 radical (unpaired) electrons. The molecule has 1 heterocycles. The van der Waals surface area contributed by atoms with Crippen molar-refractivity contribution in [3.63, 3.8) is 0 Å². The zero-order valence-electron chi connectivity index (χ0n) is 12.9. The molecule has 21 heavy (non-hydrogen) atoms. The molecule has 6 nitrogen and oxygen atoms in total. The van der Waals surface area contributed by atoms with E-state index in [-0.39, 0.29) is 24.7 Å². The van der Waals surface area contributed by atoms with E-state index in [0.717, 1.165) is 31.6 Å². The van der Waals surface area contributed by atoms with Crippen LogP contribution in [-0.4, -0.2) is 53.8 Å². The smallest absolute Gasteiger partial charge is 0.317 e. The summed E-state index contributed by atoms with van der Waals surface area (Å²) in [6.45, 7) is 5.10. The average molecular weight is 298 g/mol. The topological polar surface area (TPSA) is 78.9 Å². The molecule has 0 bridgehead atoms. The molecule has 2 aliphatic rings. The lowest BCUT2D eigenvalue weighted by Crippen LogP contribution is -2.53. The Morgan fingerprint density at radius 2 is 1.90 bits per heavy atom. The number of ether oxygens (including phenoxy) is 1. The standard InChI is InChI=1S/C15H26N2O4/c1-3-17(13-9-21-8-12(13)14(18)19)15(20)16-11-6-4-10(2)5-7-11/h10-13H,3-9H2,1-2H3,(H,16,20)(H,18,19). The third-order valence-electron chi connectivity index (χ3n) is 4.71. The number of carboxylic acids is 1. The second kappa shape index (κ2) is 7.11. The van der Waals surface area contributed by atoms with E-state index >= 15 is 0 Å². The normalized spacial score (nSPS) is 32.7. The van der Waals surface area contributed by atoms with Gasteiger partial charge >= 0.3 is 12.0 Å². The molecule has 2 unspecified atom stereocenters. The van der Waals surface area contributed by atoms with Gasteiger partial charge in [0.25, 0.3) is 0 Å². The van der Waals surface area contributed by atoms with E-state index in [2.05, 4.69) is 12.2 Å². The van der Waals surface area contributed by atoms with E-state index < -0.39 is 11.9 Å². The third-order valence-corrected chi connectivity index (χ3v) is 4.71. The van der Waals surface area contributed by atoms with E-state index in [9.17, 15) is 14.7 Å². The summed E-state index contributed by atoms with van der Waals surface area (Å²) in [5.74, 6) is -0.780. The number of carbonyl (C=O) groups is 2. The van der Waals surface area contributed by atoms with Crippen molar-refractivity contribution >= 4 is 12.0 Å². The first-order valence-corrected chi connectivity index (χ1v) is 7.90. The fourth-order valence-corrected chi connectivity index (χ4v) is 3.28. The molecule has 2 N–H and O–H groups in total. The maximum absolute atomic E-state index is 12.4. The van der Waals surface area contributed by atoms with Crippen molar-refractivity contribution in [1.29, 1.82) is 0 Å². The summed E-state index contributed by atoms with van der Waals surface area (Å²) < 4.78 is 5.27. The maximum Gasteiger partial charge on any atom is 0.317 e. The van der Waals surface area contributed by atoms with Crippen LogP contribution in [0.25, 0.3) is 0 Å². The van der Waals surface area contributed by atoms with Gasteiger partial charge in [-0.1, -0.05) is 6.92 Å². The lowest BCUT2D eigenvalue weighted by Gasteiger charge is -2.33. The average Bonchev–Trinajstić information content (AvgIpc) is 2.91. The zero-order chi connectivity index (χ0) is 15.4. The van der Waals surface area contributed by atoms with Crippen LogP contribution >= 0.6 is 0 Å². The highest BCUT2D eigenvalue weighted by molar-refractivity contribution is 5.77. The number of likely N-dealkylation sites (N-methyl/N-ethyl adjacent to an activating group) is 1. The third kappa shape index (κ3) is 3.87. The van der Waals surface area contributed by atoms with Crippen LogP contribution in [0.3, 0.4) is 0 Å². The Kier molecular flexibility index (Phi) is 5.45. The fraction of sp³-hybridized carbons (Fsp3) is 0.867. The van der Waals surface area contributed by atoms with Crippen molar-refractivity contribution in [2.75, 3.05) is 19.8 Å². The SMILES string of the molecule is CCN(C(=O)NC1CCC(C)CC1)C1COCC1C(=O)O. The number of amides is 2. The zero-order valence-corrected chi connectivity index (χ0v) is 12.9. The number of carbonyl (C=O) groups excluding carboxylic acids is 1. The van der Waals surface area contributed by atoms with E-state index in [1.165, 1.54) is 0 Å². The van der Waals surface area contributed by atoms with Crippen LogP contribution in [0.2, 0.25) is 0 Å². The van der Waals surface area contributed by atoms with Gasteiger partial charge in [-0.3, -0.25) is 4.79 Å². The van der Waals surface area contributed by atoms with Gasteiger partial charge in [0.1, 0.15) is 5.92 Å². The second-order valence-corrected chi connectivity index (χ2v) is 6.24. The summed E-state index contributed by atoms with van der Waals surface area (Å²) in [6, 6.07) is -0.304. The molecule has 0 spiro atoms. The van der Waals surface area contributed by atoms with Crippen molar-refractivity contribution in [3.8, 4) is 0 Å². The molecule has 1 saturated carbocycles. The van der Waals surface area contributed by atoms with Crippen molar-refractivity contribution in [2.24, 2.45) is 11.8 Å². The van der Waals surface area contributed by atoms with Crippen molar-refractivity contribution in [1.82, 2.24) is 10.2 Å². The quantitative estimate of drug-likeness (QED) is 0.828. The molecule has 1 saturated heterocycles. The summed E-state index contributed by atoms with van der Waals surface area (Å²) in [6.07, 6.45) is 4.30. The molecule has 0 aromatic heterocycles. The summed E-state index contributed by atoms with van der Waals surface area (Å²) in [5.41, 5.74) is 0. The van der Waals surface area contributed by atoms with Gasteiger partial charge in [0, 0.05) is 12.6 Å². The Morgan fingerprint density at radius 3 is 2.48 bits per heavy atom. The van der Waals surface area contributed by atoms with Crippen LogP contribution in [-0.2, 0) is 9.53 Å². The number of urea groups is 1. The highest BCUT2D eigenvalue weighted by Crippen LogP contribution is 2.24. The highest BCUT2D eigenvalue weighted by Gasteiger charge is 2.39. The van der Waals surface area contributed by atoms with Crippen LogP contribution in [0.5, 0.6) is 0 Å². The van der Waals surface area contributed by atoms with Gasteiger partial charge in [0.15, 0.2) is 0 Å². The minimum Gasteiger partial charge on any atom is -0.481 e. The van der Waals surface area contributed by atoms with Crippen LogP contribution in [0, 0.1) is 11.8 Å². The lowest BCUT2D eigenvalue weighted by molar-refractivity contribution is -0.142. The van der Waals surface area contributed by atoms with Crippen LogP contribution in [0.4, 0.5) is 4.79 Å². The van der Waals surface area contributed by atoms with Gasteiger partial charge in [-0.2, -0.15) is 0 Å². The molecule has 1 aliphatic heterocycles. The van der Waals surface area contributed by atoms with E-state index in [4.69, 9.17) is 4.74 Å². The predicted octanol–water partition coefficient (Wildman–Crippen LogP) is 1.70. The van der Waals surface area contributed by atoms with Gasteiger partial charge in [-0.25, -0.2) is 4.79 Å². The Bertz CT molecular complexity index is 380. The van der Waals surface area contributed by atoms with E-state index in [0.29, 0.717) is 13.2 Å². The number of hydrogen-bond acceptors (Lipinski definition) is 3. The van der Waals surface area contributed by atoms with Crippen molar-refractivity contribution in [2.45, 2.75) is 51.6 Å². The number of nitrogens with zero attached hydrogens (tertiary/aromatic N) is 1. The molecule has 2 amide bonds. The molecule has 120 valence electrons. The Balaban J connectivity index is 1.93. The van der Waals surface area contributed by atoms with Gasteiger partial charge in [-0.05, 0) is 38.5 Å². The monoisotopic (exact) mass is 298 g/mol. The maximum atomic E-state index is 12.4. The molecule has 0 aromatic rings. The first-order valence-electron chi connectivity index (χ1n) is 7.90. The summed E-state index contributed by atoms with van der Waals surface area (Å²) in [4.78, 5) is 25.3. The molecule has 6 heteroatoms. The molecule has 2 atom stereocenters. The lowest BCUT2D eigenvalue weighted by atomic mass is 9.87. The van der Waals surface area contributed by atoms with Crippen LogP contribution < -0.4 is 5.32 Å². The molecular formula is C15H26N2O4.